The van der Waals surface area contributed by atoms with Crippen molar-refractivity contribution in [2.75, 3.05) is 26.3 Å². The zero-order valence-corrected chi connectivity index (χ0v) is 13.3. The van der Waals surface area contributed by atoms with E-state index < -0.39 is 5.82 Å². The van der Waals surface area contributed by atoms with Gasteiger partial charge in [0.25, 0.3) is 0 Å². The monoisotopic (exact) mass is 330 g/mol. The summed E-state index contributed by atoms with van der Waals surface area (Å²) in [6.45, 7) is 2.97. The Balaban J connectivity index is 1.91. The number of hydrogen-bond acceptors (Lipinski definition) is 3. The Hall–Kier alpha value is -1.93. The van der Waals surface area contributed by atoms with E-state index in [-0.39, 0.29) is 16.8 Å². The Morgan fingerprint density at radius 2 is 1.96 bits per heavy atom. The Bertz CT molecular complexity index is 721. The summed E-state index contributed by atoms with van der Waals surface area (Å²) in [5.41, 5.74) is 1.34. The SMILES string of the molecule is Fc1cc(Cl)ncc1C#CC(c1ccccc1)N1CCOCC1. The Labute approximate surface area is 140 Å². The number of morpholine rings is 1. The van der Waals surface area contributed by atoms with Crippen LogP contribution in [0.1, 0.15) is 17.2 Å². The van der Waals surface area contributed by atoms with E-state index in [1.807, 2.05) is 30.3 Å². The first-order valence-corrected chi connectivity index (χ1v) is 7.81. The molecule has 0 radical (unpaired) electrons. The molecule has 23 heavy (non-hydrogen) atoms. The minimum Gasteiger partial charge on any atom is -0.379 e. The third-order valence-corrected chi connectivity index (χ3v) is 3.90. The quantitative estimate of drug-likeness (QED) is 0.624. The lowest BCUT2D eigenvalue weighted by atomic mass is 10.0. The average Bonchev–Trinajstić information content (AvgIpc) is 2.59. The molecule has 1 aromatic heterocycles. The second-order valence-corrected chi connectivity index (χ2v) is 5.61. The van der Waals surface area contributed by atoms with Gasteiger partial charge in [-0.25, -0.2) is 9.37 Å². The van der Waals surface area contributed by atoms with Crippen molar-refractivity contribution in [2.24, 2.45) is 0 Å². The lowest BCUT2D eigenvalue weighted by molar-refractivity contribution is 0.0270. The van der Waals surface area contributed by atoms with E-state index in [0.717, 1.165) is 18.7 Å². The lowest BCUT2D eigenvalue weighted by Gasteiger charge is -2.31. The molecule has 3 nitrogen and oxygen atoms in total. The van der Waals surface area contributed by atoms with Crippen molar-refractivity contribution in [1.82, 2.24) is 9.88 Å². The van der Waals surface area contributed by atoms with E-state index in [1.165, 1.54) is 12.3 Å². The summed E-state index contributed by atoms with van der Waals surface area (Å²) in [6, 6.07) is 11.1. The van der Waals surface area contributed by atoms with Gasteiger partial charge in [-0.05, 0) is 5.56 Å². The summed E-state index contributed by atoms with van der Waals surface area (Å²) in [4.78, 5) is 6.14. The van der Waals surface area contributed by atoms with Crippen molar-refractivity contribution in [3.05, 3.63) is 64.7 Å². The van der Waals surface area contributed by atoms with Gasteiger partial charge in [-0.1, -0.05) is 53.8 Å². The number of hydrogen-bond donors (Lipinski definition) is 0. The maximum absolute atomic E-state index is 13.9. The standard InChI is InChI=1S/C18H16ClFN2O/c19-18-12-16(20)15(13-21-18)6-7-17(14-4-2-1-3-5-14)22-8-10-23-11-9-22/h1-5,12-13,17H,8-11H2. The molecule has 0 bridgehead atoms. The molecule has 2 aromatic rings. The highest BCUT2D eigenvalue weighted by molar-refractivity contribution is 6.29. The molecule has 1 aromatic carbocycles. The molecular formula is C18H16ClFN2O. The van der Waals surface area contributed by atoms with Crippen LogP contribution in [0.15, 0.2) is 42.6 Å². The Morgan fingerprint density at radius 1 is 1.22 bits per heavy atom. The van der Waals surface area contributed by atoms with Gasteiger partial charge in [0.1, 0.15) is 11.0 Å². The highest BCUT2D eigenvalue weighted by Gasteiger charge is 2.20. The van der Waals surface area contributed by atoms with Gasteiger partial charge in [-0.3, -0.25) is 4.90 Å². The molecular weight excluding hydrogens is 315 g/mol. The summed E-state index contributed by atoms with van der Waals surface area (Å²) in [6.07, 6.45) is 1.37. The van der Waals surface area contributed by atoms with Gasteiger partial charge in [0.05, 0.1) is 24.8 Å². The van der Waals surface area contributed by atoms with Gasteiger partial charge in [-0.15, -0.1) is 0 Å². The zero-order valence-electron chi connectivity index (χ0n) is 12.5. The van der Waals surface area contributed by atoms with Crippen LogP contribution in [0.5, 0.6) is 0 Å². The second-order valence-electron chi connectivity index (χ2n) is 5.22. The second kappa shape index (κ2) is 7.56. The number of benzene rings is 1. The molecule has 118 valence electrons. The third-order valence-electron chi connectivity index (χ3n) is 3.69. The van der Waals surface area contributed by atoms with Crippen LogP contribution >= 0.6 is 11.6 Å². The van der Waals surface area contributed by atoms with E-state index in [0.29, 0.717) is 13.2 Å². The molecule has 0 aliphatic carbocycles. The van der Waals surface area contributed by atoms with E-state index in [4.69, 9.17) is 16.3 Å². The highest BCUT2D eigenvalue weighted by atomic mass is 35.5. The molecule has 0 saturated carbocycles. The fourth-order valence-corrected chi connectivity index (χ4v) is 2.65. The predicted molar refractivity (Wildman–Crippen MR) is 87.7 cm³/mol. The Kier molecular flexibility index (Phi) is 5.24. The maximum atomic E-state index is 13.9. The molecule has 1 fully saturated rings. The molecule has 2 heterocycles. The molecule has 0 amide bonds. The number of ether oxygens (including phenoxy) is 1. The van der Waals surface area contributed by atoms with Crippen LogP contribution in [0, 0.1) is 17.7 Å². The number of pyridine rings is 1. The summed E-state index contributed by atoms with van der Waals surface area (Å²) < 4.78 is 19.3. The summed E-state index contributed by atoms with van der Waals surface area (Å²) in [7, 11) is 0. The maximum Gasteiger partial charge on any atom is 0.143 e. The molecule has 1 aliphatic heterocycles. The van der Waals surface area contributed by atoms with Crippen molar-refractivity contribution in [3.8, 4) is 11.8 Å². The van der Waals surface area contributed by atoms with Crippen LogP contribution in [0.2, 0.25) is 5.15 Å². The van der Waals surface area contributed by atoms with Gasteiger partial charge < -0.3 is 4.74 Å². The number of rotatable bonds is 2. The molecule has 3 rings (SSSR count). The van der Waals surface area contributed by atoms with Gasteiger partial charge in [0, 0.05) is 25.4 Å². The normalized spacial score (nSPS) is 16.4. The van der Waals surface area contributed by atoms with Crippen molar-refractivity contribution < 1.29 is 9.13 Å². The van der Waals surface area contributed by atoms with Crippen LogP contribution in [-0.4, -0.2) is 36.2 Å². The van der Waals surface area contributed by atoms with Crippen LogP contribution in [0.25, 0.3) is 0 Å². The highest BCUT2D eigenvalue weighted by Crippen LogP contribution is 2.21. The third kappa shape index (κ3) is 4.08. The van der Waals surface area contributed by atoms with Crippen molar-refractivity contribution in [3.63, 3.8) is 0 Å². The van der Waals surface area contributed by atoms with Crippen molar-refractivity contribution in [1.29, 1.82) is 0 Å². The Morgan fingerprint density at radius 3 is 2.65 bits per heavy atom. The van der Waals surface area contributed by atoms with Crippen LogP contribution < -0.4 is 0 Å². The van der Waals surface area contributed by atoms with E-state index >= 15 is 0 Å². The first kappa shape index (κ1) is 15.9. The van der Waals surface area contributed by atoms with E-state index in [1.54, 1.807) is 0 Å². The lowest BCUT2D eigenvalue weighted by Crippen LogP contribution is -2.38. The first-order valence-electron chi connectivity index (χ1n) is 7.43. The molecule has 1 saturated heterocycles. The van der Waals surface area contributed by atoms with Gasteiger partial charge >= 0.3 is 0 Å². The van der Waals surface area contributed by atoms with Gasteiger partial charge in [0.15, 0.2) is 0 Å². The number of aromatic nitrogens is 1. The van der Waals surface area contributed by atoms with E-state index in [9.17, 15) is 4.39 Å². The molecule has 0 spiro atoms. The van der Waals surface area contributed by atoms with Crippen LogP contribution in [0.4, 0.5) is 4.39 Å². The van der Waals surface area contributed by atoms with Crippen LogP contribution in [0.3, 0.4) is 0 Å². The van der Waals surface area contributed by atoms with E-state index in [2.05, 4.69) is 21.7 Å². The van der Waals surface area contributed by atoms with Gasteiger partial charge in [0.2, 0.25) is 0 Å². The predicted octanol–water partition coefficient (Wildman–Crippen LogP) is 3.30. The van der Waals surface area contributed by atoms with Crippen LogP contribution in [-0.2, 0) is 4.74 Å². The molecule has 0 N–H and O–H groups in total. The first-order chi connectivity index (χ1) is 11.2. The van der Waals surface area contributed by atoms with Gasteiger partial charge in [-0.2, -0.15) is 0 Å². The fourth-order valence-electron chi connectivity index (χ4n) is 2.50. The summed E-state index contributed by atoms with van der Waals surface area (Å²) >= 11 is 5.68. The topological polar surface area (TPSA) is 25.4 Å². The average molecular weight is 331 g/mol. The zero-order chi connectivity index (χ0) is 16.1. The number of halogens is 2. The fraction of sp³-hybridized carbons (Fsp3) is 0.278. The smallest absolute Gasteiger partial charge is 0.143 e. The van der Waals surface area contributed by atoms with Crippen molar-refractivity contribution >= 4 is 11.6 Å². The largest absolute Gasteiger partial charge is 0.379 e. The van der Waals surface area contributed by atoms with Crippen molar-refractivity contribution in [2.45, 2.75) is 6.04 Å². The molecule has 1 atom stereocenters. The minimum absolute atomic E-state index is 0.102. The minimum atomic E-state index is -0.453. The number of nitrogens with zero attached hydrogens (tertiary/aromatic N) is 2. The molecule has 1 unspecified atom stereocenters. The summed E-state index contributed by atoms with van der Waals surface area (Å²) in [5.74, 6) is 5.63. The molecule has 1 aliphatic rings. The summed E-state index contributed by atoms with van der Waals surface area (Å²) in [5, 5.41) is 0.126. The molecule has 5 heteroatoms.